The van der Waals surface area contributed by atoms with Crippen LogP contribution in [0.5, 0.6) is 0 Å². The van der Waals surface area contributed by atoms with Gasteiger partial charge in [-0.15, -0.1) is 11.3 Å². The maximum absolute atomic E-state index is 14.0. The van der Waals surface area contributed by atoms with Crippen LogP contribution in [0.4, 0.5) is 13.2 Å². The molecule has 2 fully saturated rings. The first-order chi connectivity index (χ1) is 20.0. The molecule has 6 rings (SSSR count). The van der Waals surface area contributed by atoms with Gasteiger partial charge < -0.3 is 4.90 Å². The summed E-state index contributed by atoms with van der Waals surface area (Å²) in [5.41, 5.74) is 1.89. The molecule has 2 atom stereocenters. The third-order valence-corrected chi connectivity index (χ3v) is 10.3. The number of thiazole rings is 1. The molecule has 10 nitrogen and oxygen atoms in total. The van der Waals surface area contributed by atoms with Gasteiger partial charge in [0.15, 0.2) is 10.8 Å². The monoisotopic (exact) mass is 640 g/mol. The van der Waals surface area contributed by atoms with Crippen molar-refractivity contribution >= 4 is 50.5 Å². The highest BCUT2D eigenvalue weighted by Gasteiger charge is 2.44. The first kappa shape index (κ1) is 30.1. The van der Waals surface area contributed by atoms with Crippen LogP contribution >= 0.6 is 22.9 Å². The predicted molar refractivity (Wildman–Crippen MR) is 148 cm³/mol. The Labute approximate surface area is 248 Å². The highest BCUT2D eigenvalue weighted by molar-refractivity contribution is 7.90. The highest BCUT2D eigenvalue weighted by atomic mass is 35.5. The van der Waals surface area contributed by atoms with Gasteiger partial charge >= 0.3 is 12.7 Å². The fourth-order valence-electron chi connectivity index (χ4n) is 5.44. The van der Waals surface area contributed by atoms with Crippen molar-refractivity contribution in [1.29, 1.82) is 0 Å². The molecule has 2 aliphatic heterocycles. The predicted octanol–water partition coefficient (Wildman–Crippen LogP) is 4.65. The van der Waals surface area contributed by atoms with Crippen molar-refractivity contribution in [3.05, 3.63) is 74.8 Å². The van der Waals surface area contributed by atoms with Crippen molar-refractivity contribution in [2.75, 3.05) is 6.54 Å². The molecule has 1 saturated carbocycles. The minimum absolute atomic E-state index is 0.122. The van der Waals surface area contributed by atoms with Crippen LogP contribution in [-0.4, -0.2) is 57.9 Å². The van der Waals surface area contributed by atoms with Crippen LogP contribution < -0.4 is 4.72 Å². The molecule has 1 aliphatic carbocycles. The minimum Gasteiger partial charge on any atom is -0.326 e. The van der Waals surface area contributed by atoms with Gasteiger partial charge in [-0.1, -0.05) is 24.6 Å². The highest BCUT2D eigenvalue weighted by Crippen LogP contribution is 2.46. The number of aromatic nitrogens is 3. The second kappa shape index (κ2) is 12.1. The van der Waals surface area contributed by atoms with Crippen LogP contribution in [-0.2, 0) is 19.6 Å². The van der Waals surface area contributed by atoms with Crippen LogP contribution in [0.1, 0.15) is 55.0 Å². The van der Waals surface area contributed by atoms with E-state index < -0.39 is 39.7 Å². The van der Waals surface area contributed by atoms with E-state index in [-0.39, 0.29) is 29.8 Å². The van der Waals surface area contributed by atoms with Crippen molar-refractivity contribution in [2.24, 2.45) is 10.9 Å². The molecule has 1 saturated heterocycles. The Kier molecular flexibility index (Phi) is 8.67. The molecule has 0 spiro atoms. The number of fused-ring (bicyclic) bond motifs is 1. The van der Waals surface area contributed by atoms with E-state index in [1.165, 1.54) is 41.8 Å². The maximum Gasteiger partial charge on any atom is 0.373 e. The van der Waals surface area contributed by atoms with Gasteiger partial charge in [-0.3, -0.25) is 4.99 Å². The number of nitrogens with zero attached hydrogens (tertiary/aromatic N) is 5. The molecule has 42 heavy (non-hydrogen) atoms. The summed E-state index contributed by atoms with van der Waals surface area (Å²) in [6.45, 7) is -0.549. The van der Waals surface area contributed by atoms with E-state index in [4.69, 9.17) is 26.2 Å². The van der Waals surface area contributed by atoms with Gasteiger partial charge in [0.25, 0.3) is 0 Å². The van der Waals surface area contributed by atoms with Crippen molar-refractivity contribution in [3.63, 3.8) is 0 Å². The SMILES string of the molecule is CC1CC(S(=O)(=O)N[C@H]2CC3=C(c4ccn(C(F)F)n4)[C@H](c4ccc(F)cc4Cl)N=C(c4nccs4)N3C2)C1.O=C=O. The average Bonchev–Trinajstić information content (AvgIpc) is 3.67. The summed E-state index contributed by atoms with van der Waals surface area (Å²) in [5, 5.41) is 6.20. The molecule has 222 valence electrons. The number of hydrogen-bond donors (Lipinski definition) is 1. The molecule has 0 bridgehead atoms. The molecule has 3 aromatic rings. The molecule has 4 heterocycles. The van der Waals surface area contributed by atoms with Crippen LogP contribution in [0.25, 0.3) is 5.57 Å². The summed E-state index contributed by atoms with van der Waals surface area (Å²) in [5.74, 6) is 0.342. The standard InChI is InChI=1S/C25H24ClF3N6O2S2.CO2/c1-13-8-16(9-13)39(36,37)33-15-11-20-21(19-4-6-35(32-19)25(28)29)22(17-3-2-14(27)10-18(17)26)31-23(34(20)12-15)24-30-5-7-38-24;2-1-3/h2-7,10,13,15-16,22,25,33H,8-9,11-12H2,1H3;/t13?,15-,16?,22-;/m0./s1. The van der Waals surface area contributed by atoms with Gasteiger partial charge in [-0.25, -0.2) is 27.2 Å². The molecule has 2 aromatic heterocycles. The zero-order valence-electron chi connectivity index (χ0n) is 22.0. The number of aliphatic imine (C=N–C) groups is 1. The molecule has 0 amide bonds. The Balaban J connectivity index is 0.00000113. The Hall–Kier alpha value is -3.36. The van der Waals surface area contributed by atoms with E-state index >= 15 is 0 Å². The lowest BCUT2D eigenvalue weighted by atomic mass is 9.87. The number of amidine groups is 1. The molecule has 16 heteroatoms. The van der Waals surface area contributed by atoms with Gasteiger partial charge in [0.05, 0.1) is 10.9 Å². The van der Waals surface area contributed by atoms with Crippen molar-refractivity contribution in [3.8, 4) is 0 Å². The number of halogens is 4. The van der Waals surface area contributed by atoms with Crippen molar-refractivity contribution in [1.82, 2.24) is 24.4 Å². The Morgan fingerprint density at radius 3 is 2.55 bits per heavy atom. The fourth-order valence-corrected chi connectivity index (χ4v) is 8.33. The van der Waals surface area contributed by atoms with E-state index in [2.05, 4.69) is 14.8 Å². The Morgan fingerprint density at radius 2 is 1.95 bits per heavy atom. The average molecular weight is 641 g/mol. The zero-order chi connectivity index (χ0) is 30.2. The molecular formula is C26H24ClF3N6O4S2. The van der Waals surface area contributed by atoms with Crippen molar-refractivity contribution in [2.45, 2.75) is 50.1 Å². The van der Waals surface area contributed by atoms with Gasteiger partial charge in [-0.05, 0) is 37.0 Å². The number of nitrogens with one attached hydrogen (secondary N) is 1. The lowest BCUT2D eigenvalue weighted by Gasteiger charge is -2.33. The maximum atomic E-state index is 14.0. The van der Waals surface area contributed by atoms with Gasteiger partial charge in [0, 0.05) is 58.6 Å². The smallest absolute Gasteiger partial charge is 0.326 e. The van der Waals surface area contributed by atoms with Gasteiger partial charge in [0.1, 0.15) is 11.9 Å². The first-order valence-electron chi connectivity index (χ1n) is 12.8. The summed E-state index contributed by atoms with van der Waals surface area (Å²) in [7, 11) is -3.55. The van der Waals surface area contributed by atoms with Gasteiger partial charge in [0.2, 0.25) is 10.0 Å². The Morgan fingerprint density at radius 1 is 1.21 bits per heavy atom. The summed E-state index contributed by atoms with van der Waals surface area (Å²) >= 11 is 7.84. The van der Waals surface area contributed by atoms with Crippen LogP contribution in [0.2, 0.25) is 5.02 Å². The summed E-state index contributed by atoms with van der Waals surface area (Å²) in [6.07, 6.45) is 4.56. The van der Waals surface area contributed by atoms with Crippen LogP contribution in [0, 0.1) is 11.7 Å². The number of alkyl halides is 2. The summed E-state index contributed by atoms with van der Waals surface area (Å²) < 4.78 is 70.5. The third kappa shape index (κ3) is 5.92. The van der Waals surface area contributed by atoms with E-state index in [0.717, 1.165) is 0 Å². The van der Waals surface area contributed by atoms with E-state index in [0.29, 0.717) is 51.1 Å². The minimum atomic E-state index is -3.55. The number of sulfonamides is 1. The fraction of sp³-hybridized carbons (Fsp3) is 0.385. The van der Waals surface area contributed by atoms with Gasteiger partial charge in [-0.2, -0.15) is 23.5 Å². The number of rotatable bonds is 7. The topological polar surface area (TPSA) is 127 Å². The first-order valence-corrected chi connectivity index (χ1v) is 15.6. The normalized spacial score (nSPS) is 23.6. The van der Waals surface area contributed by atoms with Crippen LogP contribution in [0.15, 0.2) is 52.7 Å². The van der Waals surface area contributed by atoms with Crippen LogP contribution in [0.3, 0.4) is 0 Å². The third-order valence-electron chi connectivity index (χ3n) is 7.33. The molecular weight excluding hydrogens is 617 g/mol. The summed E-state index contributed by atoms with van der Waals surface area (Å²) in [6, 6.07) is 4.12. The lowest BCUT2D eigenvalue weighted by Crippen LogP contribution is -2.47. The van der Waals surface area contributed by atoms with E-state index in [9.17, 15) is 21.6 Å². The molecule has 1 aromatic carbocycles. The number of carbonyl (C=O) groups excluding carboxylic acids is 2. The lowest BCUT2D eigenvalue weighted by molar-refractivity contribution is -0.191. The quantitative estimate of drug-likeness (QED) is 0.398. The number of hydrogen-bond acceptors (Lipinski definition) is 9. The van der Waals surface area contributed by atoms with E-state index in [1.807, 2.05) is 11.8 Å². The molecule has 0 unspecified atom stereocenters. The second-order valence-corrected chi connectivity index (χ2v) is 13.4. The van der Waals surface area contributed by atoms with Crippen molar-refractivity contribution < 1.29 is 31.2 Å². The Bertz CT molecular complexity index is 1670. The zero-order valence-corrected chi connectivity index (χ0v) is 24.3. The summed E-state index contributed by atoms with van der Waals surface area (Å²) in [4.78, 5) is 27.5. The number of benzene rings is 1. The molecule has 0 radical (unpaired) electrons. The largest absolute Gasteiger partial charge is 0.373 e. The van der Waals surface area contributed by atoms with E-state index in [1.54, 1.807) is 11.6 Å². The molecule has 1 N–H and O–H groups in total. The second-order valence-electron chi connectivity index (χ2n) is 10.1. The molecule has 3 aliphatic rings.